The smallest absolute Gasteiger partial charge is 0.338 e. The summed E-state index contributed by atoms with van der Waals surface area (Å²) in [6.45, 7) is 7.55. The predicted molar refractivity (Wildman–Crippen MR) is 181 cm³/mol. The summed E-state index contributed by atoms with van der Waals surface area (Å²) in [6, 6.07) is 27.5. The van der Waals surface area contributed by atoms with Gasteiger partial charge in [-0.1, -0.05) is 61.7 Å². The third-order valence-corrected chi connectivity index (χ3v) is 6.76. The second-order valence-corrected chi connectivity index (χ2v) is 10.4. The zero-order valence-electron chi connectivity index (χ0n) is 26.8. The maximum Gasteiger partial charge on any atom is 0.338 e. The van der Waals surface area contributed by atoms with Crippen LogP contribution >= 0.6 is 0 Å². The fourth-order valence-corrected chi connectivity index (χ4v) is 4.38. The molecular weight excluding hydrogens is 628 g/mol. The molecule has 4 rings (SSSR count). The number of esters is 4. The van der Waals surface area contributed by atoms with Gasteiger partial charge in [-0.25, -0.2) is 19.2 Å². The van der Waals surface area contributed by atoms with Crippen molar-refractivity contribution >= 4 is 23.9 Å². The van der Waals surface area contributed by atoms with Crippen LogP contribution in [0.2, 0.25) is 0 Å². The van der Waals surface area contributed by atoms with Crippen LogP contribution < -0.4 is 9.47 Å². The molecule has 0 saturated carbocycles. The molecule has 0 unspecified atom stereocenters. The third-order valence-electron chi connectivity index (χ3n) is 6.76. The fraction of sp³-hybridized carbons (Fsp3) is 0.179. The highest BCUT2D eigenvalue weighted by Crippen LogP contribution is 2.18. The topological polar surface area (TPSA) is 124 Å². The standard InChI is InChI=1S/C39H36O10/c1-3-19-46-36(40)30-7-5-9-32(26-30)38(42)48-23-21-44-34-15-11-28(12-16-34)25-29-13-17-35(18-14-29)45-22-24-49-39(43)33-10-6-8-31(27-33)37(41)47-20-4-2/h3-18,26-27H,1-2,19-25H2. The number of carbonyl (C=O) groups is 4. The van der Waals surface area contributed by atoms with Crippen LogP contribution in [0.4, 0.5) is 0 Å². The first-order valence-corrected chi connectivity index (χ1v) is 15.4. The van der Waals surface area contributed by atoms with Gasteiger partial charge in [-0.05, 0) is 78.2 Å². The molecule has 10 nitrogen and oxygen atoms in total. The number of hydrogen-bond acceptors (Lipinski definition) is 10. The minimum absolute atomic E-state index is 0.0329. The highest BCUT2D eigenvalue weighted by molar-refractivity contribution is 5.96. The summed E-state index contributed by atoms with van der Waals surface area (Å²) in [6.07, 6.45) is 3.62. The molecule has 0 heterocycles. The van der Waals surface area contributed by atoms with Gasteiger partial charge in [0.2, 0.25) is 0 Å². The van der Waals surface area contributed by atoms with Crippen molar-refractivity contribution in [2.75, 3.05) is 39.6 Å². The normalized spacial score (nSPS) is 10.3. The summed E-state index contributed by atoms with van der Waals surface area (Å²) >= 11 is 0. The van der Waals surface area contributed by atoms with E-state index in [1.807, 2.05) is 48.5 Å². The lowest BCUT2D eigenvalue weighted by Crippen LogP contribution is -2.13. The van der Waals surface area contributed by atoms with E-state index in [9.17, 15) is 19.2 Å². The largest absolute Gasteiger partial charge is 0.490 e. The molecule has 4 aromatic carbocycles. The number of carbonyl (C=O) groups excluding carboxylic acids is 4. The first-order chi connectivity index (χ1) is 23.9. The molecule has 0 saturated heterocycles. The Balaban J connectivity index is 1.14. The van der Waals surface area contributed by atoms with Gasteiger partial charge in [-0.2, -0.15) is 0 Å². The summed E-state index contributed by atoms with van der Waals surface area (Å²) < 4.78 is 32.0. The molecule has 0 amide bonds. The maximum absolute atomic E-state index is 12.4. The average Bonchev–Trinajstić information content (AvgIpc) is 3.14. The van der Waals surface area contributed by atoms with Gasteiger partial charge in [0, 0.05) is 0 Å². The Morgan fingerprint density at radius 3 is 1.16 bits per heavy atom. The molecule has 0 aliphatic carbocycles. The van der Waals surface area contributed by atoms with Gasteiger partial charge in [0.25, 0.3) is 0 Å². The van der Waals surface area contributed by atoms with Crippen LogP contribution in [0.15, 0.2) is 122 Å². The van der Waals surface area contributed by atoms with Crippen LogP contribution in [-0.2, 0) is 25.4 Å². The minimum atomic E-state index is -0.569. The number of rotatable bonds is 18. The van der Waals surface area contributed by atoms with E-state index >= 15 is 0 Å². The second kappa shape index (κ2) is 18.9. The average molecular weight is 665 g/mol. The van der Waals surface area contributed by atoms with E-state index in [-0.39, 0.29) is 61.9 Å². The molecule has 0 bridgehead atoms. The zero-order valence-corrected chi connectivity index (χ0v) is 26.8. The molecule has 10 heteroatoms. The van der Waals surface area contributed by atoms with Crippen molar-refractivity contribution in [2.45, 2.75) is 6.42 Å². The van der Waals surface area contributed by atoms with Crippen molar-refractivity contribution in [1.82, 2.24) is 0 Å². The van der Waals surface area contributed by atoms with Crippen molar-refractivity contribution in [2.24, 2.45) is 0 Å². The summed E-state index contributed by atoms with van der Waals surface area (Å²) in [7, 11) is 0. The molecule has 0 atom stereocenters. The van der Waals surface area contributed by atoms with E-state index in [0.29, 0.717) is 17.9 Å². The molecule has 0 aromatic heterocycles. The van der Waals surface area contributed by atoms with Crippen molar-refractivity contribution in [3.05, 3.63) is 156 Å². The molecule has 0 spiro atoms. The number of benzene rings is 4. The molecule has 4 aromatic rings. The lowest BCUT2D eigenvalue weighted by Gasteiger charge is -2.10. The predicted octanol–water partition coefficient (Wildman–Crippen LogP) is 6.43. The van der Waals surface area contributed by atoms with Gasteiger partial charge in [0.15, 0.2) is 0 Å². The van der Waals surface area contributed by atoms with Crippen molar-refractivity contribution in [1.29, 1.82) is 0 Å². The van der Waals surface area contributed by atoms with Crippen LogP contribution in [0.1, 0.15) is 52.6 Å². The van der Waals surface area contributed by atoms with Crippen LogP contribution in [0.5, 0.6) is 11.5 Å². The third kappa shape index (κ3) is 11.5. The van der Waals surface area contributed by atoms with Crippen LogP contribution in [0, 0.1) is 0 Å². The van der Waals surface area contributed by atoms with Crippen molar-refractivity contribution in [3.63, 3.8) is 0 Å². The van der Waals surface area contributed by atoms with Crippen LogP contribution in [-0.4, -0.2) is 63.5 Å². The van der Waals surface area contributed by atoms with Crippen molar-refractivity contribution < 1.29 is 47.6 Å². The highest BCUT2D eigenvalue weighted by atomic mass is 16.6. The Morgan fingerprint density at radius 2 is 0.816 bits per heavy atom. The summed E-state index contributed by atoms with van der Waals surface area (Å²) in [5.74, 6) is -0.968. The molecular formula is C39H36O10. The fourth-order valence-electron chi connectivity index (χ4n) is 4.38. The van der Waals surface area contributed by atoms with Crippen molar-refractivity contribution in [3.8, 4) is 11.5 Å². The van der Waals surface area contributed by atoms with E-state index in [2.05, 4.69) is 13.2 Å². The Bertz CT molecular complexity index is 1610. The first kappa shape index (κ1) is 35.7. The summed E-state index contributed by atoms with van der Waals surface area (Å²) in [5.41, 5.74) is 3.12. The Morgan fingerprint density at radius 1 is 0.469 bits per heavy atom. The first-order valence-electron chi connectivity index (χ1n) is 15.4. The van der Waals surface area contributed by atoms with Gasteiger partial charge in [0.1, 0.15) is 51.1 Å². The van der Waals surface area contributed by atoms with Gasteiger partial charge < -0.3 is 28.4 Å². The van der Waals surface area contributed by atoms with Crippen LogP contribution in [0.25, 0.3) is 0 Å². The molecule has 0 N–H and O–H groups in total. The van der Waals surface area contributed by atoms with Gasteiger partial charge in [-0.15, -0.1) is 0 Å². The minimum Gasteiger partial charge on any atom is -0.490 e. The lowest BCUT2D eigenvalue weighted by atomic mass is 10.0. The second-order valence-electron chi connectivity index (χ2n) is 10.4. The Labute approximate surface area is 284 Å². The van der Waals surface area contributed by atoms with E-state index < -0.39 is 23.9 Å². The molecule has 0 aliphatic rings. The molecule has 49 heavy (non-hydrogen) atoms. The quantitative estimate of drug-likeness (QED) is 0.0509. The van der Waals surface area contributed by atoms with Crippen LogP contribution in [0.3, 0.4) is 0 Å². The van der Waals surface area contributed by atoms with Gasteiger partial charge >= 0.3 is 23.9 Å². The Kier molecular flexibility index (Phi) is 13.7. The van der Waals surface area contributed by atoms with Gasteiger partial charge in [0.05, 0.1) is 22.3 Å². The zero-order chi connectivity index (χ0) is 34.8. The van der Waals surface area contributed by atoms with E-state index in [1.165, 1.54) is 24.3 Å². The van der Waals surface area contributed by atoms with E-state index in [1.54, 1.807) is 36.4 Å². The summed E-state index contributed by atoms with van der Waals surface area (Å²) in [5, 5.41) is 0. The molecule has 252 valence electrons. The Hall–Kier alpha value is -6.16. The van der Waals surface area contributed by atoms with E-state index in [4.69, 9.17) is 28.4 Å². The molecule has 0 fully saturated rings. The summed E-state index contributed by atoms with van der Waals surface area (Å²) in [4.78, 5) is 48.8. The highest BCUT2D eigenvalue weighted by Gasteiger charge is 2.14. The maximum atomic E-state index is 12.4. The molecule has 0 radical (unpaired) electrons. The lowest BCUT2D eigenvalue weighted by molar-refractivity contribution is 0.0441. The number of hydrogen-bond donors (Lipinski definition) is 0. The molecule has 0 aliphatic heterocycles. The SMILES string of the molecule is C=CCOC(=O)c1cccc(C(=O)OCCOc2ccc(Cc3ccc(OCCOC(=O)c4cccc(C(=O)OCC=C)c4)cc3)cc2)c1. The van der Waals surface area contributed by atoms with Gasteiger partial charge in [-0.3, -0.25) is 0 Å². The monoisotopic (exact) mass is 664 g/mol. The number of ether oxygens (including phenoxy) is 6. The van der Waals surface area contributed by atoms with E-state index in [0.717, 1.165) is 11.1 Å².